The van der Waals surface area contributed by atoms with E-state index in [0.29, 0.717) is 17.0 Å². The molecule has 2 aromatic rings. The topological polar surface area (TPSA) is 67.4 Å². The summed E-state index contributed by atoms with van der Waals surface area (Å²) in [4.78, 5) is 24.4. The van der Waals surface area contributed by atoms with Gasteiger partial charge in [-0.15, -0.1) is 0 Å². The van der Waals surface area contributed by atoms with Crippen molar-refractivity contribution in [3.63, 3.8) is 0 Å². The second-order valence-electron chi connectivity index (χ2n) is 6.37. The Morgan fingerprint density at radius 3 is 2.31 bits per heavy atom. The molecule has 2 amide bonds. The summed E-state index contributed by atoms with van der Waals surface area (Å²) in [6, 6.07) is 14.5. The minimum absolute atomic E-state index is 0.117. The van der Waals surface area contributed by atoms with E-state index >= 15 is 0 Å². The summed E-state index contributed by atoms with van der Waals surface area (Å²) >= 11 is 0. The number of ether oxygens (including phenoxy) is 1. The Bertz CT molecular complexity index is 756. The molecule has 2 unspecified atom stereocenters. The summed E-state index contributed by atoms with van der Waals surface area (Å²) in [7, 11) is 0. The van der Waals surface area contributed by atoms with Crippen LogP contribution in [0.5, 0.6) is 5.75 Å². The molecular weight excluding hydrogens is 328 g/mol. The summed E-state index contributed by atoms with van der Waals surface area (Å²) in [6.07, 6.45) is 0.239. The predicted molar refractivity (Wildman–Crippen MR) is 104 cm³/mol. The molecule has 0 spiro atoms. The van der Waals surface area contributed by atoms with Gasteiger partial charge in [0.2, 0.25) is 0 Å². The van der Waals surface area contributed by atoms with E-state index in [2.05, 4.69) is 10.6 Å². The number of amides is 2. The van der Waals surface area contributed by atoms with Crippen molar-refractivity contribution in [2.24, 2.45) is 0 Å². The van der Waals surface area contributed by atoms with E-state index in [-0.39, 0.29) is 17.9 Å². The van der Waals surface area contributed by atoms with Crippen LogP contribution in [0.25, 0.3) is 0 Å². The summed E-state index contributed by atoms with van der Waals surface area (Å²) in [5.41, 5.74) is 2.16. The predicted octanol–water partition coefficient (Wildman–Crippen LogP) is 3.93. The second kappa shape index (κ2) is 9.04. The highest BCUT2D eigenvalue weighted by atomic mass is 16.5. The highest BCUT2D eigenvalue weighted by Crippen LogP contribution is 2.18. The molecule has 0 saturated heterocycles. The van der Waals surface area contributed by atoms with Crippen LogP contribution in [0.15, 0.2) is 48.5 Å². The first kappa shape index (κ1) is 19.5. The molecule has 0 aliphatic rings. The third kappa shape index (κ3) is 5.34. The summed E-state index contributed by atoms with van der Waals surface area (Å²) in [6.45, 7) is 7.62. The lowest BCUT2D eigenvalue weighted by molar-refractivity contribution is -0.122. The molecule has 2 aromatic carbocycles. The lowest BCUT2D eigenvalue weighted by Gasteiger charge is -2.16. The molecule has 26 heavy (non-hydrogen) atoms. The van der Waals surface area contributed by atoms with Gasteiger partial charge in [-0.1, -0.05) is 25.1 Å². The van der Waals surface area contributed by atoms with Gasteiger partial charge < -0.3 is 15.4 Å². The molecule has 2 atom stereocenters. The molecule has 138 valence electrons. The Morgan fingerprint density at radius 1 is 1.04 bits per heavy atom. The average Bonchev–Trinajstić information content (AvgIpc) is 2.63. The molecule has 0 aliphatic carbocycles. The fraction of sp³-hybridized carbons (Fsp3) is 0.333. The van der Waals surface area contributed by atoms with Crippen molar-refractivity contribution in [2.75, 3.05) is 5.32 Å². The van der Waals surface area contributed by atoms with E-state index < -0.39 is 6.10 Å². The van der Waals surface area contributed by atoms with Crippen LogP contribution >= 0.6 is 0 Å². The number of para-hydroxylation sites is 1. The zero-order valence-corrected chi connectivity index (χ0v) is 15.7. The number of aryl methyl sites for hydroxylation is 1. The zero-order chi connectivity index (χ0) is 19.1. The first-order valence-electron chi connectivity index (χ1n) is 8.84. The fourth-order valence-electron chi connectivity index (χ4n) is 2.29. The number of nitrogens with one attached hydrogen (secondary N) is 2. The highest BCUT2D eigenvalue weighted by molar-refractivity contribution is 5.97. The lowest BCUT2D eigenvalue weighted by Crippen LogP contribution is -2.32. The average molecular weight is 354 g/mol. The first-order valence-corrected chi connectivity index (χ1v) is 8.84. The zero-order valence-electron chi connectivity index (χ0n) is 15.7. The summed E-state index contributed by atoms with van der Waals surface area (Å²) in [5, 5.41) is 5.71. The van der Waals surface area contributed by atoms with Crippen LogP contribution in [-0.4, -0.2) is 24.0 Å². The summed E-state index contributed by atoms with van der Waals surface area (Å²) < 4.78 is 5.72. The minimum Gasteiger partial charge on any atom is -0.481 e. The van der Waals surface area contributed by atoms with Gasteiger partial charge in [-0.3, -0.25) is 9.59 Å². The number of benzene rings is 2. The Balaban J connectivity index is 1.94. The molecule has 5 heteroatoms. The van der Waals surface area contributed by atoms with Crippen LogP contribution in [0.1, 0.15) is 43.1 Å². The maximum Gasteiger partial charge on any atom is 0.265 e. The Kier molecular flexibility index (Phi) is 6.78. The van der Waals surface area contributed by atoms with E-state index in [4.69, 9.17) is 4.74 Å². The smallest absolute Gasteiger partial charge is 0.265 e. The van der Waals surface area contributed by atoms with Crippen molar-refractivity contribution in [3.05, 3.63) is 59.7 Å². The Labute approximate surface area is 154 Å². The molecule has 0 aromatic heterocycles. The minimum atomic E-state index is -0.635. The Morgan fingerprint density at radius 2 is 1.69 bits per heavy atom. The van der Waals surface area contributed by atoms with Crippen LogP contribution in [0.4, 0.5) is 5.69 Å². The number of carbonyl (C=O) groups excluding carboxylic acids is 2. The van der Waals surface area contributed by atoms with Crippen LogP contribution in [0.2, 0.25) is 0 Å². The van der Waals surface area contributed by atoms with Gasteiger partial charge in [0, 0.05) is 17.3 Å². The molecule has 5 nitrogen and oxygen atoms in total. The van der Waals surface area contributed by atoms with Crippen molar-refractivity contribution in [1.82, 2.24) is 5.32 Å². The SMILES string of the molecule is CCC(C)NC(=O)c1ccc(NC(=O)C(C)Oc2ccccc2C)cc1. The van der Waals surface area contributed by atoms with E-state index in [0.717, 1.165) is 12.0 Å². The van der Waals surface area contributed by atoms with Crippen molar-refractivity contribution < 1.29 is 14.3 Å². The van der Waals surface area contributed by atoms with Gasteiger partial charge in [0.1, 0.15) is 5.75 Å². The normalized spacial score (nSPS) is 12.8. The van der Waals surface area contributed by atoms with Crippen LogP contribution in [0.3, 0.4) is 0 Å². The molecule has 2 rings (SSSR count). The van der Waals surface area contributed by atoms with Crippen molar-refractivity contribution in [1.29, 1.82) is 0 Å². The van der Waals surface area contributed by atoms with E-state index in [1.165, 1.54) is 0 Å². The van der Waals surface area contributed by atoms with E-state index in [1.807, 2.05) is 45.0 Å². The number of rotatable bonds is 7. The fourth-order valence-corrected chi connectivity index (χ4v) is 2.29. The van der Waals surface area contributed by atoms with Gasteiger partial charge >= 0.3 is 0 Å². The third-order valence-electron chi connectivity index (χ3n) is 4.17. The molecule has 2 N–H and O–H groups in total. The number of hydrogen-bond acceptors (Lipinski definition) is 3. The molecule has 0 radical (unpaired) electrons. The maximum absolute atomic E-state index is 12.3. The van der Waals surface area contributed by atoms with Crippen LogP contribution in [0, 0.1) is 6.92 Å². The standard InChI is InChI=1S/C21H26N2O3/c1-5-15(3)22-21(25)17-10-12-18(13-11-17)23-20(24)16(4)26-19-9-7-6-8-14(19)2/h6-13,15-16H,5H2,1-4H3,(H,22,25)(H,23,24). The quantitative estimate of drug-likeness (QED) is 0.792. The van der Waals surface area contributed by atoms with Crippen LogP contribution in [-0.2, 0) is 4.79 Å². The monoisotopic (exact) mass is 354 g/mol. The van der Waals surface area contributed by atoms with Crippen LogP contribution < -0.4 is 15.4 Å². The molecule has 0 heterocycles. The largest absolute Gasteiger partial charge is 0.481 e. The molecule has 0 bridgehead atoms. The van der Waals surface area contributed by atoms with Gasteiger partial charge in [-0.2, -0.15) is 0 Å². The van der Waals surface area contributed by atoms with Crippen molar-refractivity contribution in [3.8, 4) is 5.75 Å². The van der Waals surface area contributed by atoms with Gasteiger partial charge in [-0.05, 0) is 63.1 Å². The van der Waals surface area contributed by atoms with Crippen molar-refractivity contribution in [2.45, 2.75) is 46.3 Å². The number of anilines is 1. The first-order chi connectivity index (χ1) is 12.4. The van der Waals surface area contributed by atoms with Gasteiger partial charge in [-0.25, -0.2) is 0 Å². The van der Waals surface area contributed by atoms with E-state index in [1.54, 1.807) is 31.2 Å². The Hall–Kier alpha value is -2.82. The lowest BCUT2D eigenvalue weighted by atomic mass is 10.1. The maximum atomic E-state index is 12.3. The third-order valence-corrected chi connectivity index (χ3v) is 4.17. The van der Waals surface area contributed by atoms with Gasteiger partial charge in [0.25, 0.3) is 11.8 Å². The number of carbonyl (C=O) groups is 2. The number of hydrogen-bond donors (Lipinski definition) is 2. The molecule has 0 aliphatic heterocycles. The van der Waals surface area contributed by atoms with E-state index in [9.17, 15) is 9.59 Å². The molecule has 0 fully saturated rings. The van der Waals surface area contributed by atoms with Gasteiger partial charge in [0.05, 0.1) is 0 Å². The van der Waals surface area contributed by atoms with Gasteiger partial charge in [0.15, 0.2) is 6.10 Å². The second-order valence-corrected chi connectivity index (χ2v) is 6.37. The summed E-state index contributed by atoms with van der Waals surface area (Å²) in [5.74, 6) is 0.325. The molecular formula is C21H26N2O3. The molecule has 0 saturated carbocycles. The van der Waals surface area contributed by atoms with Crippen molar-refractivity contribution >= 4 is 17.5 Å². The highest BCUT2D eigenvalue weighted by Gasteiger charge is 2.16.